The number of aromatic nitrogens is 4. The number of halogens is 1. The summed E-state index contributed by atoms with van der Waals surface area (Å²) < 4.78 is 11.5. The van der Waals surface area contributed by atoms with Crippen LogP contribution in [-0.4, -0.2) is 54.8 Å². The van der Waals surface area contributed by atoms with Crippen molar-refractivity contribution in [3.05, 3.63) is 11.6 Å². The van der Waals surface area contributed by atoms with Crippen molar-refractivity contribution in [2.45, 2.75) is 11.9 Å². The van der Waals surface area contributed by atoms with Crippen LogP contribution in [0, 0.1) is 0 Å². The topological polar surface area (TPSA) is 77.9 Å². The molecule has 0 aromatic carbocycles. The van der Waals surface area contributed by atoms with Gasteiger partial charge in [-0.2, -0.15) is 4.98 Å². The Balaban J connectivity index is 2.07. The Bertz CT molecular complexity index is 651. The Hall–Kier alpha value is -0.830. The summed E-state index contributed by atoms with van der Waals surface area (Å²) in [5.41, 5.74) is 1.39. The van der Waals surface area contributed by atoms with Gasteiger partial charge in [0, 0.05) is 0 Å². The molecule has 6 nitrogen and oxygen atoms in total. The fraction of sp³-hybridized carbons (Fsp3) is 0.500. The van der Waals surface area contributed by atoms with E-state index in [0.717, 1.165) is 10.8 Å². The molecule has 0 amide bonds. The lowest BCUT2D eigenvalue weighted by Gasteiger charge is -2.29. The van der Waals surface area contributed by atoms with Crippen LogP contribution in [-0.2, 0) is 11.2 Å². The average molecular weight is 344 g/mol. The second-order valence-electron chi connectivity index (χ2n) is 4.46. The minimum Gasteiger partial charge on any atom is -0.616 e. The zero-order valence-electron chi connectivity index (χ0n) is 11.5. The summed E-state index contributed by atoms with van der Waals surface area (Å²) >= 11 is 6.94. The fourth-order valence-electron chi connectivity index (χ4n) is 2.20. The van der Waals surface area contributed by atoms with E-state index < -0.39 is 11.2 Å². The minimum atomic E-state index is -0.736. The molecule has 2 aromatic heterocycles. The van der Waals surface area contributed by atoms with Gasteiger partial charge in [-0.25, -0.2) is 15.0 Å². The molecule has 0 N–H and O–H groups in total. The summed E-state index contributed by atoms with van der Waals surface area (Å²) in [4.78, 5) is 19.3. The molecule has 1 fully saturated rings. The molecule has 0 atom stereocenters. The van der Waals surface area contributed by atoms with E-state index in [-0.39, 0.29) is 5.28 Å². The summed E-state index contributed by atoms with van der Waals surface area (Å²) in [6, 6.07) is 0. The maximum atomic E-state index is 11.5. The van der Waals surface area contributed by atoms with Crippen molar-refractivity contribution in [2.24, 2.45) is 0 Å². The Morgan fingerprint density at radius 2 is 2.05 bits per heavy atom. The molecule has 0 spiro atoms. The van der Waals surface area contributed by atoms with Gasteiger partial charge in [0.05, 0.1) is 13.1 Å². The summed E-state index contributed by atoms with van der Waals surface area (Å²) in [6.07, 6.45) is 1.53. The van der Waals surface area contributed by atoms with Gasteiger partial charge in [-0.05, 0) is 17.4 Å². The molecule has 2 aromatic rings. The molecule has 0 radical (unpaired) electrons. The molecule has 0 bridgehead atoms. The lowest BCUT2D eigenvalue weighted by atomic mass is 10.3. The Kier molecular flexibility index (Phi) is 4.68. The maximum Gasteiger partial charge on any atom is 0.225 e. The van der Waals surface area contributed by atoms with Crippen molar-refractivity contribution in [2.75, 3.05) is 35.2 Å². The van der Waals surface area contributed by atoms with Crippen LogP contribution in [0.15, 0.2) is 11.4 Å². The van der Waals surface area contributed by atoms with Crippen LogP contribution in [0.2, 0.25) is 5.28 Å². The first-order chi connectivity index (χ1) is 10.2. The molecule has 3 heterocycles. The summed E-state index contributed by atoms with van der Waals surface area (Å²) in [5, 5.41) is 1.01. The Labute approximate surface area is 134 Å². The molecule has 3 rings (SSSR count). The van der Waals surface area contributed by atoms with Gasteiger partial charge >= 0.3 is 0 Å². The zero-order chi connectivity index (χ0) is 14.8. The molecule has 0 aliphatic carbocycles. The van der Waals surface area contributed by atoms with E-state index in [1.807, 2.05) is 0 Å². The van der Waals surface area contributed by atoms with E-state index in [1.54, 1.807) is 11.8 Å². The molecular weight excluding hydrogens is 330 g/mol. The van der Waals surface area contributed by atoms with Crippen molar-refractivity contribution >= 4 is 51.4 Å². The van der Waals surface area contributed by atoms with Gasteiger partial charge in [0.1, 0.15) is 33.9 Å². The minimum absolute atomic E-state index is 0.192. The average Bonchev–Trinajstić information content (AvgIpc) is 2.48. The first kappa shape index (κ1) is 15.1. The van der Waals surface area contributed by atoms with Gasteiger partial charge in [-0.1, -0.05) is 18.1 Å². The monoisotopic (exact) mass is 343 g/mol. The number of hydrogen-bond donors (Lipinski definition) is 0. The maximum absolute atomic E-state index is 11.5. The molecule has 0 saturated carbocycles. The highest BCUT2D eigenvalue weighted by Crippen LogP contribution is 2.29. The Morgan fingerprint density at radius 1 is 1.29 bits per heavy atom. The number of nitrogens with zero attached hydrogens (tertiary/aromatic N) is 5. The second kappa shape index (κ2) is 6.51. The third-order valence-corrected chi connectivity index (χ3v) is 5.47. The number of hydrogen-bond acceptors (Lipinski definition) is 7. The van der Waals surface area contributed by atoms with E-state index in [1.165, 1.54) is 6.33 Å². The highest BCUT2D eigenvalue weighted by molar-refractivity contribution is 7.99. The lowest BCUT2D eigenvalue weighted by molar-refractivity contribution is 0.585. The van der Waals surface area contributed by atoms with Crippen molar-refractivity contribution in [3.63, 3.8) is 0 Å². The van der Waals surface area contributed by atoms with E-state index in [2.05, 4.69) is 31.8 Å². The molecule has 1 aliphatic heterocycles. The first-order valence-electron chi connectivity index (χ1n) is 6.60. The predicted molar refractivity (Wildman–Crippen MR) is 86.6 cm³/mol. The van der Waals surface area contributed by atoms with E-state index >= 15 is 0 Å². The largest absolute Gasteiger partial charge is 0.616 e. The second-order valence-corrected chi connectivity index (χ2v) is 7.75. The molecule has 21 heavy (non-hydrogen) atoms. The summed E-state index contributed by atoms with van der Waals surface area (Å²) in [5.74, 6) is 2.89. The van der Waals surface area contributed by atoms with Crippen molar-refractivity contribution in [1.82, 2.24) is 19.9 Å². The van der Waals surface area contributed by atoms with Gasteiger partial charge in [0.2, 0.25) is 5.28 Å². The van der Waals surface area contributed by atoms with Crippen molar-refractivity contribution < 1.29 is 4.55 Å². The molecule has 1 saturated heterocycles. The van der Waals surface area contributed by atoms with Crippen LogP contribution in [0.1, 0.15) is 6.92 Å². The first-order valence-corrected chi connectivity index (χ1v) is 9.45. The van der Waals surface area contributed by atoms with Gasteiger partial charge < -0.3 is 9.45 Å². The van der Waals surface area contributed by atoms with Gasteiger partial charge in [-0.15, -0.1) is 11.8 Å². The number of thioether (sulfide) groups is 1. The molecule has 112 valence electrons. The van der Waals surface area contributed by atoms with Gasteiger partial charge in [0.25, 0.3) is 0 Å². The van der Waals surface area contributed by atoms with Gasteiger partial charge in [0.15, 0.2) is 5.82 Å². The smallest absolute Gasteiger partial charge is 0.225 e. The summed E-state index contributed by atoms with van der Waals surface area (Å²) in [6.45, 7) is 3.44. The van der Waals surface area contributed by atoms with E-state index in [0.29, 0.717) is 41.4 Å². The highest BCUT2D eigenvalue weighted by atomic mass is 35.5. The third-order valence-electron chi connectivity index (χ3n) is 3.16. The van der Waals surface area contributed by atoms with Crippen molar-refractivity contribution in [3.8, 4) is 0 Å². The zero-order valence-corrected chi connectivity index (χ0v) is 13.8. The van der Waals surface area contributed by atoms with Crippen molar-refractivity contribution in [1.29, 1.82) is 0 Å². The van der Waals surface area contributed by atoms with Crippen LogP contribution in [0.25, 0.3) is 11.0 Å². The molecule has 9 heteroatoms. The van der Waals surface area contributed by atoms with E-state index in [9.17, 15) is 4.55 Å². The van der Waals surface area contributed by atoms with Crippen LogP contribution in [0.3, 0.4) is 0 Å². The van der Waals surface area contributed by atoms with Crippen LogP contribution in [0.5, 0.6) is 0 Å². The Morgan fingerprint density at radius 3 is 2.76 bits per heavy atom. The van der Waals surface area contributed by atoms with Crippen LogP contribution >= 0.6 is 23.4 Å². The molecular formula is C12H14ClN5OS2. The third kappa shape index (κ3) is 3.18. The highest BCUT2D eigenvalue weighted by Gasteiger charge is 2.24. The quantitative estimate of drug-likeness (QED) is 0.363. The van der Waals surface area contributed by atoms with E-state index in [4.69, 9.17) is 11.6 Å². The SMILES string of the molecule is CCSc1ncnc2c(N3CC[S+]([O-])CC3)nc(Cl)nc12. The fourth-order valence-corrected chi connectivity index (χ4v) is 4.09. The normalized spacial score (nSPS) is 16.6. The van der Waals surface area contributed by atoms with Crippen LogP contribution in [0.4, 0.5) is 5.82 Å². The summed E-state index contributed by atoms with van der Waals surface area (Å²) in [7, 11) is 0. The molecule has 1 aliphatic rings. The predicted octanol–water partition coefficient (Wildman–Crippen LogP) is 1.75. The molecule has 0 unspecified atom stereocenters. The number of rotatable bonds is 3. The number of fused-ring (bicyclic) bond motifs is 1. The lowest BCUT2D eigenvalue weighted by Crippen LogP contribution is -2.41. The standard InChI is InChI=1S/C12H14ClN5OS2/c1-2-20-11-9-8(14-7-15-11)10(17-12(13)16-9)18-3-5-21(19)6-4-18/h7H,2-6H2,1H3. The van der Waals surface area contributed by atoms with Crippen LogP contribution < -0.4 is 4.90 Å². The number of anilines is 1. The van der Waals surface area contributed by atoms with Gasteiger partial charge in [-0.3, -0.25) is 0 Å².